The summed E-state index contributed by atoms with van der Waals surface area (Å²) in [4.78, 5) is 2.00. The molecule has 1 aliphatic rings. The topological polar surface area (TPSA) is 54.8 Å². The zero-order chi connectivity index (χ0) is 13.0. The van der Waals surface area contributed by atoms with Gasteiger partial charge in [0.05, 0.1) is 27.4 Å². The minimum atomic E-state index is 0.499. The molecule has 0 aromatic heterocycles. The molecule has 18 heavy (non-hydrogen) atoms. The Morgan fingerprint density at radius 1 is 1.17 bits per heavy atom. The van der Waals surface area contributed by atoms with Crippen molar-refractivity contribution in [1.29, 1.82) is 5.41 Å². The standard InChI is InChI=1S/C13H18N2O3/c1-16-11-4-3-10(9-12(11)17-2)13(14)15-5-7-18-8-6-15/h3-4,9,14H,5-8H2,1-2H3. The molecule has 0 aliphatic carbocycles. The monoisotopic (exact) mass is 250 g/mol. The maximum atomic E-state index is 8.20. The summed E-state index contributed by atoms with van der Waals surface area (Å²) < 4.78 is 15.7. The van der Waals surface area contributed by atoms with E-state index in [0.29, 0.717) is 30.5 Å². The Kier molecular flexibility index (Phi) is 4.04. The zero-order valence-electron chi connectivity index (χ0n) is 10.7. The van der Waals surface area contributed by atoms with E-state index in [2.05, 4.69) is 0 Å². The minimum absolute atomic E-state index is 0.499. The lowest BCUT2D eigenvalue weighted by atomic mass is 10.1. The van der Waals surface area contributed by atoms with Crippen molar-refractivity contribution in [2.45, 2.75) is 0 Å². The Labute approximate surface area is 107 Å². The Hall–Kier alpha value is -1.75. The number of benzene rings is 1. The largest absolute Gasteiger partial charge is 0.493 e. The van der Waals surface area contributed by atoms with Crippen molar-refractivity contribution in [3.8, 4) is 11.5 Å². The summed E-state index contributed by atoms with van der Waals surface area (Å²) in [6, 6.07) is 5.53. The van der Waals surface area contributed by atoms with Crippen molar-refractivity contribution < 1.29 is 14.2 Å². The summed E-state index contributed by atoms with van der Waals surface area (Å²) in [6.07, 6.45) is 0. The van der Waals surface area contributed by atoms with Crippen LogP contribution in [-0.2, 0) is 4.74 Å². The van der Waals surface area contributed by atoms with E-state index >= 15 is 0 Å². The van der Waals surface area contributed by atoms with Gasteiger partial charge in [0.25, 0.3) is 0 Å². The molecule has 0 bridgehead atoms. The summed E-state index contributed by atoms with van der Waals surface area (Å²) in [5.74, 6) is 1.82. The number of nitrogens with one attached hydrogen (secondary N) is 1. The molecule has 0 amide bonds. The fourth-order valence-electron chi connectivity index (χ4n) is 1.95. The van der Waals surface area contributed by atoms with E-state index in [-0.39, 0.29) is 0 Å². The number of methoxy groups -OCH3 is 2. The molecule has 98 valence electrons. The molecule has 0 unspecified atom stereocenters. The first-order valence-corrected chi connectivity index (χ1v) is 5.90. The van der Waals surface area contributed by atoms with Gasteiger partial charge in [-0.3, -0.25) is 5.41 Å². The maximum absolute atomic E-state index is 8.20. The first-order chi connectivity index (χ1) is 8.76. The van der Waals surface area contributed by atoms with E-state index in [1.165, 1.54) is 0 Å². The van der Waals surface area contributed by atoms with Crippen LogP contribution in [0.1, 0.15) is 5.56 Å². The minimum Gasteiger partial charge on any atom is -0.493 e. The van der Waals surface area contributed by atoms with E-state index < -0.39 is 0 Å². The molecule has 1 aromatic rings. The van der Waals surface area contributed by atoms with Gasteiger partial charge in [-0.15, -0.1) is 0 Å². The summed E-state index contributed by atoms with van der Waals surface area (Å²) in [7, 11) is 3.20. The smallest absolute Gasteiger partial charge is 0.161 e. The van der Waals surface area contributed by atoms with Crippen LogP contribution in [0, 0.1) is 5.41 Å². The van der Waals surface area contributed by atoms with Gasteiger partial charge in [0.2, 0.25) is 0 Å². The fourth-order valence-corrected chi connectivity index (χ4v) is 1.95. The van der Waals surface area contributed by atoms with Crippen LogP contribution in [-0.4, -0.2) is 51.3 Å². The van der Waals surface area contributed by atoms with Crippen molar-refractivity contribution in [2.75, 3.05) is 40.5 Å². The van der Waals surface area contributed by atoms with E-state index in [0.717, 1.165) is 18.7 Å². The van der Waals surface area contributed by atoms with Gasteiger partial charge in [0.15, 0.2) is 11.5 Å². The fraction of sp³-hybridized carbons (Fsp3) is 0.462. The molecule has 5 heteroatoms. The van der Waals surface area contributed by atoms with Crippen molar-refractivity contribution in [2.24, 2.45) is 0 Å². The van der Waals surface area contributed by atoms with Gasteiger partial charge < -0.3 is 19.1 Å². The number of ether oxygens (including phenoxy) is 3. The van der Waals surface area contributed by atoms with Crippen LogP contribution in [0.15, 0.2) is 18.2 Å². The molecule has 0 atom stereocenters. The number of hydrogen-bond acceptors (Lipinski definition) is 4. The Morgan fingerprint density at radius 2 is 1.83 bits per heavy atom. The lowest BCUT2D eigenvalue weighted by Crippen LogP contribution is -2.40. The third-order valence-corrected chi connectivity index (χ3v) is 2.98. The Balaban J connectivity index is 2.19. The van der Waals surface area contributed by atoms with Crippen LogP contribution >= 0.6 is 0 Å². The summed E-state index contributed by atoms with van der Waals surface area (Å²) in [6.45, 7) is 2.87. The highest BCUT2D eigenvalue weighted by Gasteiger charge is 2.16. The van der Waals surface area contributed by atoms with Crippen molar-refractivity contribution in [3.63, 3.8) is 0 Å². The highest BCUT2D eigenvalue weighted by atomic mass is 16.5. The van der Waals surface area contributed by atoms with Gasteiger partial charge in [0.1, 0.15) is 5.84 Å². The molecular formula is C13H18N2O3. The van der Waals surface area contributed by atoms with Crippen LogP contribution in [0.2, 0.25) is 0 Å². The Bertz CT molecular complexity index is 428. The lowest BCUT2D eigenvalue weighted by Gasteiger charge is -2.29. The lowest BCUT2D eigenvalue weighted by molar-refractivity contribution is 0.0680. The Morgan fingerprint density at radius 3 is 2.44 bits per heavy atom. The SMILES string of the molecule is COc1ccc(C(=N)N2CCOCC2)cc1OC. The molecule has 2 rings (SSSR count). The molecule has 1 heterocycles. The molecule has 1 fully saturated rings. The van der Waals surface area contributed by atoms with E-state index in [9.17, 15) is 0 Å². The molecule has 1 aromatic carbocycles. The average molecular weight is 250 g/mol. The summed E-state index contributed by atoms with van der Waals surface area (Å²) in [5, 5.41) is 8.20. The van der Waals surface area contributed by atoms with Gasteiger partial charge in [-0.05, 0) is 18.2 Å². The number of nitrogens with zero attached hydrogens (tertiary/aromatic N) is 1. The summed E-state index contributed by atoms with van der Waals surface area (Å²) in [5.41, 5.74) is 0.828. The third-order valence-electron chi connectivity index (χ3n) is 2.98. The predicted molar refractivity (Wildman–Crippen MR) is 68.8 cm³/mol. The molecule has 0 saturated carbocycles. The second-order valence-corrected chi connectivity index (χ2v) is 4.02. The maximum Gasteiger partial charge on any atom is 0.161 e. The number of morpholine rings is 1. The molecule has 1 aliphatic heterocycles. The van der Waals surface area contributed by atoms with Gasteiger partial charge in [-0.25, -0.2) is 0 Å². The number of rotatable bonds is 3. The van der Waals surface area contributed by atoms with Gasteiger partial charge in [0, 0.05) is 18.7 Å². The highest BCUT2D eigenvalue weighted by molar-refractivity contribution is 5.97. The number of hydrogen-bond donors (Lipinski definition) is 1. The van der Waals surface area contributed by atoms with Gasteiger partial charge >= 0.3 is 0 Å². The second kappa shape index (κ2) is 5.73. The highest BCUT2D eigenvalue weighted by Crippen LogP contribution is 2.28. The molecule has 5 nitrogen and oxygen atoms in total. The molecular weight excluding hydrogens is 232 g/mol. The first-order valence-electron chi connectivity index (χ1n) is 5.90. The first kappa shape index (κ1) is 12.7. The van der Waals surface area contributed by atoms with E-state index in [1.54, 1.807) is 14.2 Å². The average Bonchev–Trinajstić information content (AvgIpc) is 2.46. The van der Waals surface area contributed by atoms with Gasteiger partial charge in [-0.1, -0.05) is 0 Å². The molecule has 0 radical (unpaired) electrons. The second-order valence-electron chi connectivity index (χ2n) is 4.02. The van der Waals surface area contributed by atoms with Crippen LogP contribution in [0.3, 0.4) is 0 Å². The van der Waals surface area contributed by atoms with Crippen molar-refractivity contribution >= 4 is 5.84 Å². The van der Waals surface area contributed by atoms with Crippen LogP contribution in [0.5, 0.6) is 11.5 Å². The number of amidine groups is 1. The summed E-state index contributed by atoms with van der Waals surface area (Å²) >= 11 is 0. The molecule has 1 N–H and O–H groups in total. The quantitative estimate of drug-likeness (QED) is 0.650. The van der Waals surface area contributed by atoms with Crippen LogP contribution in [0.4, 0.5) is 0 Å². The van der Waals surface area contributed by atoms with Gasteiger partial charge in [-0.2, -0.15) is 0 Å². The van der Waals surface area contributed by atoms with Crippen molar-refractivity contribution in [3.05, 3.63) is 23.8 Å². The van der Waals surface area contributed by atoms with Crippen molar-refractivity contribution in [1.82, 2.24) is 4.90 Å². The normalized spacial score (nSPS) is 15.3. The van der Waals surface area contributed by atoms with Crippen LogP contribution < -0.4 is 9.47 Å². The van der Waals surface area contributed by atoms with Crippen LogP contribution in [0.25, 0.3) is 0 Å². The van der Waals surface area contributed by atoms with E-state index in [4.69, 9.17) is 19.6 Å². The van der Waals surface area contributed by atoms with E-state index in [1.807, 2.05) is 23.1 Å². The zero-order valence-corrected chi connectivity index (χ0v) is 10.7. The molecule has 0 spiro atoms. The predicted octanol–water partition coefficient (Wildman–Crippen LogP) is 1.36. The molecule has 1 saturated heterocycles. The third kappa shape index (κ3) is 2.56.